The first-order valence-electron chi connectivity index (χ1n) is 5.83. The van der Waals surface area contributed by atoms with Crippen molar-refractivity contribution >= 4 is 21.4 Å². The van der Waals surface area contributed by atoms with Gasteiger partial charge < -0.3 is 0 Å². The van der Waals surface area contributed by atoms with Crippen LogP contribution in [0.15, 0.2) is 47.4 Å². The molecule has 8 heteroatoms. The van der Waals surface area contributed by atoms with Gasteiger partial charge in [-0.2, -0.15) is 0 Å². The van der Waals surface area contributed by atoms with Crippen molar-refractivity contribution in [2.45, 2.75) is 11.8 Å². The highest BCUT2D eigenvalue weighted by Crippen LogP contribution is 2.21. The molecule has 0 saturated heterocycles. The smallest absolute Gasteiger partial charge is 0.270 e. The van der Waals surface area contributed by atoms with Crippen molar-refractivity contribution in [3.8, 4) is 0 Å². The van der Waals surface area contributed by atoms with Crippen LogP contribution in [0.4, 0.5) is 15.8 Å². The number of benzene rings is 2. The van der Waals surface area contributed by atoms with Gasteiger partial charge in [0.05, 0.1) is 9.82 Å². The lowest BCUT2D eigenvalue weighted by molar-refractivity contribution is -0.385. The Kier molecular flexibility index (Phi) is 3.90. The number of hydrogen-bond acceptors (Lipinski definition) is 4. The monoisotopic (exact) mass is 310 g/mol. The van der Waals surface area contributed by atoms with Gasteiger partial charge in [0.15, 0.2) is 0 Å². The van der Waals surface area contributed by atoms with E-state index in [-0.39, 0.29) is 21.8 Å². The Labute approximate surface area is 120 Å². The molecule has 0 aliphatic carbocycles. The summed E-state index contributed by atoms with van der Waals surface area (Å²) in [5.74, 6) is -0.451. The summed E-state index contributed by atoms with van der Waals surface area (Å²) in [6.07, 6.45) is 0. The Balaban J connectivity index is 2.36. The van der Waals surface area contributed by atoms with Gasteiger partial charge in [-0.15, -0.1) is 0 Å². The van der Waals surface area contributed by atoms with Crippen molar-refractivity contribution in [1.29, 1.82) is 0 Å². The molecule has 21 heavy (non-hydrogen) atoms. The molecule has 0 spiro atoms. The highest BCUT2D eigenvalue weighted by atomic mass is 32.2. The summed E-state index contributed by atoms with van der Waals surface area (Å²) >= 11 is 0. The standard InChI is InChI=1S/C13H11FN2O4S/c1-9-7-10(5-6-13(9)14)15-21(19,20)12-4-2-3-11(8-12)16(17)18/h2-8,15H,1H3. The minimum absolute atomic E-state index is 0.181. The highest BCUT2D eigenvalue weighted by molar-refractivity contribution is 7.92. The van der Waals surface area contributed by atoms with Gasteiger partial charge in [0.25, 0.3) is 15.7 Å². The minimum Gasteiger partial charge on any atom is -0.280 e. The maximum Gasteiger partial charge on any atom is 0.270 e. The number of non-ortho nitro benzene ring substituents is 1. The summed E-state index contributed by atoms with van der Waals surface area (Å²) in [4.78, 5) is 9.75. The number of nitrogens with zero attached hydrogens (tertiary/aromatic N) is 1. The molecule has 0 bridgehead atoms. The first-order chi connectivity index (χ1) is 9.79. The molecule has 0 fully saturated rings. The average molecular weight is 310 g/mol. The zero-order valence-electron chi connectivity index (χ0n) is 10.9. The molecule has 2 rings (SSSR count). The Morgan fingerprint density at radius 3 is 2.52 bits per heavy atom. The lowest BCUT2D eigenvalue weighted by Gasteiger charge is -2.09. The average Bonchev–Trinajstić information content (AvgIpc) is 2.43. The third kappa shape index (κ3) is 3.34. The third-order valence-corrected chi connectivity index (χ3v) is 4.13. The number of hydrogen-bond donors (Lipinski definition) is 1. The van der Waals surface area contributed by atoms with E-state index in [2.05, 4.69) is 4.72 Å². The number of nitrogens with one attached hydrogen (secondary N) is 1. The van der Waals surface area contributed by atoms with Crippen LogP contribution in [0.1, 0.15) is 5.56 Å². The van der Waals surface area contributed by atoms with Crippen LogP contribution in [-0.2, 0) is 10.0 Å². The summed E-state index contributed by atoms with van der Waals surface area (Å²) in [5.41, 5.74) is 0.141. The molecule has 0 aliphatic rings. The maximum absolute atomic E-state index is 13.1. The number of aryl methyl sites for hydroxylation is 1. The van der Waals surface area contributed by atoms with Crippen molar-refractivity contribution in [3.63, 3.8) is 0 Å². The molecule has 0 amide bonds. The van der Waals surface area contributed by atoms with E-state index in [4.69, 9.17) is 0 Å². The fourth-order valence-corrected chi connectivity index (χ4v) is 2.78. The van der Waals surface area contributed by atoms with Crippen LogP contribution >= 0.6 is 0 Å². The Bertz CT molecular complexity index is 806. The lowest BCUT2D eigenvalue weighted by Crippen LogP contribution is -2.13. The van der Waals surface area contributed by atoms with Crippen molar-refractivity contribution < 1.29 is 17.7 Å². The Morgan fingerprint density at radius 1 is 1.19 bits per heavy atom. The second-order valence-corrected chi connectivity index (χ2v) is 6.01. The molecule has 2 aromatic carbocycles. The molecular formula is C13H11FN2O4S. The van der Waals surface area contributed by atoms with E-state index in [0.717, 1.165) is 12.1 Å². The molecule has 0 heterocycles. The van der Waals surface area contributed by atoms with Crippen molar-refractivity contribution in [3.05, 3.63) is 64.0 Å². The van der Waals surface area contributed by atoms with Gasteiger partial charge in [-0.25, -0.2) is 12.8 Å². The van der Waals surface area contributed by atoms with Gasteiger partial charge in [0, 0.05) is 17.8 Å². The van der Waals surface area contributed by atoms with Gasteiger partial charge in [-0.1, -0.05) is 6.07 Å². The zero-order chi connectivity index (χ0) is 15.6. The molecule has 0 radical (unpaired) electrons. The van der Waals surface area contributed by atoms with Crippen LogP contribution in [0.25, 0.3) is 0 Å². The summed E-state index contributed by atoms with van der Waals surface area (Å²) in [7, 11) is -3.98. The second-order valence-electron chi connectivity index (χ2n) is 4.32. The maximum atomic E-state index is 13.1. The van der Waals surface area contributed by atoms with E-state index < -0.39 is 20.8 Å². The fourth-order valence-electron chi connectivity index (χ4n) is 1.69. The molecule has 6 nitrogen and oxygen atoms in total. The summed E-state index contributed by atoms with van der Waals surface area (Å²) < 4.78 is 39.7. The lowest BCUT2D eigenvalue weighted by atomic mass is 10.2. The molecule has 0 aromatic heterocycles. The van der Waals surface area contributed by atoms with E-state index in [1.54, 1.807) is 0 Å². The van der Waals surface area contributed by atoms with Crippen LogP contribution in [0.2, 0.25) is 0 Å². The molecule has 0 aliphatic heterocycles. The van der Waals surface area contributed by atoms with Crippen LogP contribution in [-0.4, -0.2) is 13.3 Å². The molecule has 0 atom stereocenters. The number of anilines is 1. The number of halogens is 1. The van der Waals surface area contributed by atoms with E-state index in [1.807, 2.05) is 0 Å². The van der Waals surface area contributed by atoms with E-state index in [9.17, 15) is 22.9 Å². The first kappa shape index (κ1) is 14.9. The highest BCUT2D eigenvalue weighted by Gasteiger charge is 2.18. The fraction of sp³-hybridized carbons (Fsp3) is 0.0769. The number of nitro groups is 1. The summed E-state index contributed by atoms with van der Waals surface area (Å²) in [6.45, 7) is 1.50. The molecule has 0 saturated carbocycles. The molecule has 2 aromatic rings. The predicted molar refractivity (Wildman–Crippen MR) is 75.0 cm³/mol. The van der Waals surface area contributed by atoms with E-state index >= 15 is 0 Å². The molecule has 1 N–H and O–H groups in total. The van der Waals surface area contributed by atoms with Crippen molar-refractivity contribution in [1.82, 2.24) is 0 Å². The molecule has 110 valence electrons. The quantitative estimate of drug-likeness (QED) is 0.694. The summed E-state index contributed by atoms with van der Waals surface area (Å²) in [5, 5.41) is 10.7. The first-order valence-corrected chi connectivity index (χ1v) is 7.31. The van der Waals surface area contributed by atoms with Crippen LogP contribution in [0.5, 0.6) is 0 Å². The van der Waals surface area contributed by atoms with E-state index in [1.165, 1.54) is 37.3 Å². The Hall–Kier alpha value is -2.48. The molecule has 0 unspecified atom stereocenters. The number of rotatable bonds is 4. The number of nitro benzene ring substituents is 1. The zero-order valence-corrected chi connectivity index (χ0v) is 11.7. The van der Waals surface area contributed by atoms with Crippen LogP contribution in [0, 0.1) is 22.9 Å². The van der Waals surface area contributed by atoms with E-state index in [0.29, 0.717) is 0 Å². The Morgan fingerprint density at radius 2 is 1.90 bits per heavy atom. The third-order valence-electron chi connectivity index (χ3n) is 2.75. The van der Waals surface area contributed by atoms with Crippen LogP contribution < -0.4 is 4.72 Å². The SMILES string of the molecule is Cc1cc(NS(=O)(=O)c2cccc([N+](=O)[O-])c2)ccc1F. The molecular weight excluding hydrogens is 299 g/mol. The second kappa shape index (κ2) is 5.49. The normalized spacial score (nSPS) is 11.1. The van der Waals surface area contributed by atoms with Gasteiger partial charge in [-0.05, 0) is 36.8 Å². The van der Waals surface area contributed by atoms with Gasteiger partial charge >= 0.3 is 0 Å². The van der Waals surface area contributed by atoms with Gasteiger partial charge in [-0.3, -0.25) is 14.8 Å². The predicted octanol–water partition coefficient (Wildman–Crippen LogP) is 2.84. The topological polar surface area (TPSA) is 89.3 Å². The van der Waals surface area contributed by atoms with Gasteiger partial charge in [0.1, 0.15) is 5.82 Å². The number of sulfonamides is 1. The largest absolute Gasteiger partial charge is 0.280 e. The van der Waals surface area contributed by atoms with Crippen molar-refractivity contribution in [2.24, 2.45) is 0 Å². The van der Waals surface area contributed by atoms with Crippen molar-refractivity contribution in [2.75, 3.05) is 4.72 Å². The summed E-state index contributed by atoms with van der Waals surface area (Å²) in [6, 6.07) is 8.43. The van der Waals surface area contributed by atoms with Crippen LogP contribution in [0.3, 0.4) is 0 Å². The van der Waals surface area contributed by atoms with Gasteiger partial charge in [0.2, 0.25) is 0 Å². The minimum atomic E-state index is -3.98.